The van der Waals surface area contributed by atoms with Crippen LogP contribution in [0.25, 0.3) is 5.69 Å². The fraction of sp³-hybridized carbons (Fsp3) is 0.278. The molecule has 0 fully saturated rings. The number of Topliss-reactive ketones (excluding diaryl/α,β-unsaturated/α-hetero) is 1. The number of hydrogen-bond acceptors (Lipinski definition) is 3. The van der Waals surface area contributed by atoms with E-state index in [1.54, 1.807) is 6.21 Å². The van der Waals surface area contributed by atoms with Crippen LogP contribution in [0.15, 0.2) is 47.8 Å². The molecule has 1 atom stereocenters. The number of benzene rings is 1. The average molecular weight is 309 g/mol. The molecule has 2 heterocycles. The van der Waals surface area contributed by atoms with Gasteiger partial charge in [0.1, 0.15) is 0 Å². The van der Waals surface area contributed by atoms with Gasteiger partial charge in [-0.25, -0.2) is 0 Å². The highest BCUT2D eigenvalue weighted by atomic mass is 16.5. The molecule has 1 aromatic heterocycles. The van der Waals surface area contributed by atoms with Crippen molar-refractivity contribution in [3.63, 3.8) is 0 Å². The van der Waals surface area contributed by atoms with Gasteiger partial charge in [-0.15, -0.1) is 0 Å². The molecule has 5 nitrogen and oxygen atoms in total. The van der Waals surface area contributed by atoms with Crippen LogP contribution in [0.2, 0.25) is 0 Å². The number of carbonyl (C=O) groups excluding carboxylic acids is 1. The van der Waals surface area contributed by atoms with Crippen molar-refractivity contribution in [2.45, 2.75) is 26.7 Å². The van der Waals surface area contributed by atoms with Gasteiger partial charge < -0.3 is 9.77 Å². The molecular weight excluding hydrogens is 290 g/mol. The van der Waals surface area contributed by atoms with E-state index >= 15 is 0 Å². The van der Waals surface area contributed by atoms with E-state index < -0.39 is 0 Å². The SMILES string of the molecule is CCC(=O)c1ccn(-c2ccc(C3=[N+]([O-])N=CCC3C)cc2)c1. The smallest absolute Gasteiger partial charge is 0.232 e. The quantitative estimate of drug-likeness (QED) is 0.494. The van der Waals surface area contributed by atoms with Crippen LogP contribution in [0.4, 0.5) is 0 Å². The van der Waals surface area contributed by atoms with Crippen molar-refractivity contribution in [2.24, 2.45) is 11.0 Å². The Morgan fingerprint density at radius 3 is 2.74 bits per heavy atom. The van der Waals surface area contributed by atoms with Crippen molar-refractivity contribution in [3.8, 4) is 5.69 Å². The summed E-state index contributed by atoms with van der Waals surface area (Å²) in [4.78, 5) is 12.4. The Labute approximate surface area is 135 Å². The van der Waals surface area contributed by atoms with Crippen LogP contribution in [-0.4, -0.2) is 27.1 Å². The van der Waals surface area contributed by atoms with Gasteiger partial charge >= 0.3 is 0 Å². The first-order valence-corrected chi connectivity index (χ1v) is 7.78. The highest BCUT2D eigenvalue weighted by Crippen LogP contribution is 2.18. The molecule has 23 heavy (non-hydrogen) atoms. The van der Waals surface area contributed by atoms with Crippen molar-refractivity contribution in [2.75, 3.05) is 0 Å². The standard InChI is InChI=1S/C18H19N3O2/c1-3-17(22)15-9-11-20(12-15)16-6-4-14(5-7-16)18-13(2)8-10-19-21(18)23/h4-7,9-13H,3,8H2,1-2H3. The van der Waals surface area contributed by atoms with E-state index in [9.17, 15) is 10.0 Å². The number of hydrazone groups is 1. The van der Waals surface area contributed by atoms with Gasteiger partial charge in [0.2, 0.25) is 5.71 Å². The van der Waals surface area contributed by atoms with Crippen LogP contribution >= 0.6 is 0 Å². The Balaban J connectivity index is 1.89. The maximum absolute atomic E-state index is 11.9. The third-order valence-corrected chi connectivity index (χ3v) is 4.12. The molecule has 1 aliphatic rings. The van der Waals surface area contributed by atoms with Gasteiger partial charge in [-0.1, -0.05) is 18.7 Å². The largest absolute Gasteiger partial charge is 0.594 e. The van der Waals surface area contributed by atoms with Gasteiger partial charge in [0, 0.05) is 47.2 Å². The summed E-state index contributed by atoms with van der Waals surface area (Å²) in [6.07, 6.45) is 6.64. The lowest BCUT2D eigenvalue weighted by Crippen LogP contribution is -2.25. The maximum Gasteiger partial charge on any atom is 0.232 e. The molecule has 2 aromatic rings. The first kappa shape index (κ1) is 15.2. The minimum absolute atomic E-state index is 0.131. The Morgan fingerprint density at radius 1 is 1.35 bits per heavy atom. The lowest BCUT2D eigenvalue weighted by atomic mass is 9.95. The van der Waals surface area contributed by atoms with Gasteiger partial charge in [0.25, 0.3) is 0 Å². The number of ketones is 1. The van der Waals surface area contributed by atoms with Crippen LogP contribution < -0.4 is 0 Å². The first-order chi connectivity index (χ1) is 11.1. The van der Waals surface area contributed by atoms with Crippen LogP contribution in [0.1, 0.15) is 42.6 Å². The minimum Gasteiger partial charge on any atom is -0.594 e. The number of aromatic nitrogens is 1. The number of nitrogens with zero attached hydrogens (tertiary/aromatic N) is 3. The second-order valence-electron chi connectivity index (χ2n) is 5.72. The van der Waals surface area contributed by atoms with E-state index in [4.69, 9.17) is 0 Å². The van der Waals surface area contributed by atoms with Crippen LogP contribution in [0.3, 0.4) is 0 Å². The van der Waals surface area contributed by atoms with Crippen molar-refractivity contribution in [1.29, 1.82) is 0 Å². The molecule has 0 saturated carbocycles. The second kappa shape index (κ2) is 6.20. The summed E-state index contributed by atoms with van der Waals surface area (Å²) in [7, 11) is 0. The van der Waals surface area contributed by atoms with Crippen LogP contribution in [-0.2, 0) is 0 Å². The van der Waals surface area contributed by atoms with Crippen molar-refractivity contribution in [1.82, 2.24) is 4.57 Å². The van der Waals surface area contributed by atoms with Crippen LogP contribution in [0.5, 0.6) is 0 Å². The Kier molecular flexibility index (Phi) is 4.10. The van der Waals surface area contributed by atoms with E-state index in [0.717, 1.165) is 17.7 Å². The normalized spacial score (nSPS) is 17.6. The first-order valence-electron chi connectivity index (χ1n) is 7.78. The molecular formula is C18H19N3O2. The minimum atomic E-state index is 0.131. The highest BCUT2D eigenvalue weighted by molar-refractivity contribution is 6.00. The second-order valence-corrected chi connectivity index (χ2v) is 5.72. The third-order valence-electron chi connectivity index (χ3n) is 4.12. The van der Waals surface area contributed by atoms with Gasteiger partial charge in [-0.2, -0.15) is 0 Å². The van der Waals surface area contributed by atoms with E-state index in [0.29, 0.717) is 22.5 Å². The molecule has 5 heteroatoms. The lowest BCUT2D eigenvalue weighted by molar-refractivity contribution is -0.466. The number of hydrogen-bond donors (Lipinski definition) is 0. The monoisotopic (exact) mass is 309 g/mol. The highest BCUT2D eigenvalue weighted by Gasteiger charge is 2.24. The summed E-state index contributed by atoms with van der Waals surface area (Å²) in [6.45, 7) is 3.88. The number of carbonyl (C=O) groups is 1. The molecule has 1 unspecified atom stereocenters. The van der Waals surface area contributed by atoms with Gasteiger partial charge in [0.05, 0.1) is 12.1 Å². The summed E-state index contributed by atoms with van der Waals surface area (Å²) in [5.74, 6) is 0.281. The van der Waals surface area contributed by atoms with E-state index in [2.05, 4.69) is 5.10 Å². The zero-order chi connectivity index (χ0) is 16.4. The average Bonchev–Trinajstić information content (AvgIpc) is 3.04. The van der Waals surface area contributed by atoms with Crippen molar-refractivity contribution >= 4 is 17.7 Å². The molecule has 0 aliphatic carbocycles. The Morgan fingerprint density at radius 2 is 2.09 bits per heavy atom. The van der Waals surface area contributed by atoms with Gasteiger partial charge in [-0.05, 0) is 30.3 Å². The van der Waals surface area contributed by atoms with Crippen molar-refractivity contribution < 1.29 is 9.64 Å². The summed E-state index contributed by atoms with van der Waals surface area (Å²) in [6, 6.07) is 9.57. The predicted octanol–water partition coefficient (Wildman–Crippen LogP) is 3.40. The van der Waals surface area contributed by atoms with E-state index in [1.807, 2.05) is 61.1 Å². The topological polar surface area (TPSA) is 60.4 Å². The fourth-order valence-corrected chi connectivity index (χ4v) is 2.77. The van der Waals surface area contributed by atoms with Gasteiger partial charge in [0.15, 0.2) is 5.78 Å². The molecule has 0 saturated heterocycles. The zero-order valence-corrected chi connectivity index (χ0v) is 13.3. The summed E-state index contributed by atoms with van der Waals surface area (Å²) >= 11 is 0. The molecule has 1 aliphatic heterocycles. The van der Waals surface area contributed by atoms with Gasteiger partial charge in [-0.3, -0.25) is 4.79 Å². The van der Waals surface area contributed by atoms with E-state index in [1.165, 1.54) is 0 Å². The molecule has 1 aromatic carbocycles. The number of rotatable bonds is 4. The summed E-state index contributed by atoms with van der Waals surface area (Å²) in [5.41, 5.74) is 3.24. The predicted molar refractivity (Wildman–Crippen MR) is 90.4 cm³/mol. The molecule has 0 N–H and O–H groups in total. The van der Waals surface area contributed by atoms with E-state index in [-0.39, 0.29) is 11.7 Å². The summed E-state index contributed by atoms with van der Waals surface area (Å²) in [5, 5.41) is 15.7. The molecule has 118 valence electrons. The summed E-state index contributed by atoms with van der Waals surface area (Å²) < 4.78 is 1.91. The lowest BCUT2D eigenvalue weighted by Gasteiger charge is -2.15. The maximum atomic E-state index is 11.9. The fourth-order valence-electron chi connectivity index (χ4n) is 2.77. The van der Waals surface area contributed by atoms with Crippen molar-refractivity contribution in [3.05, 3.63) is 59.1 Å². The Bertz CT molecular complexity index is 785. The zero-order valence-electron chi connectivity index (χ0n) is 13.3. The molecule has 3 rings (SSSR count). The molecule has 0 bridgehead atoms. The molecule has 0 spiro atoms. The molecule has 0 amide bonds. The third kappa shape index (κ3) is 2.95. The Hall–Kier alpha value is -2.69. The van der Waals surface area contributed by atoms with Crippen LogP contribution in [0, 0.1) is 11.1 Å². The molecule has 0 radical (unpaired) electrons.